The normalized spacial score (nSPS) is 10.2. The first-order chi connectivity index (χ1) is 12.5. The molecule has 2 rings (SSSR count). The van der Waals surface area contributed by atoms with Crippen molar-refractivity contribution < 1.29 is 23.7 Å². The standard InChI is InChI=1S/C20H25NO5/c1-21(13-15-7-8-16(23-2)12-18(15)25-4)20(22)11-14-6-9-17(24-3)19(10-14)26-5/h6-10,12H,11,13H2,1-5H3. The van der Waals surface area contributed by atoms with E-state index in [-0.39, 0.29) is 12.3 Å². The smallest absolute Gasteiger partial charge is 0.227 e. The van der Waals surface area contributed by atoms with Crippen LogP contribution >= 0.6 is 0 Å². The van der Waals surface area contributed by atoms with E-state index in [1.54, 1.807) is 46.5 Å². The zero-order valence-electron chi connectivity index (χ0n) is 15.9. The van der Waals surface area contributed by atoms with Crippen LogP contribution in [0.3, 0.4) is 0 Å². The summed E-state index contributed by atoms with van der Waals surface area (Å²) in [6.45, 7) is 0.444. The summed E-state index contributed by atoms with van der Waals surface area (Å²) in [4.78, 5) is 14.2. The fourth-order valence-corrected chi connectivity index (χ4v) is 2.63. The van der Waals surface area contributed by atoms with Gasteiger partial charge in [0, 0.05) is 25.2 Å². The summed E-state index contributed by atoms with van der Waals surface area (Å²) in [5.74, 6) is 2.65. The molecular weight excluding hydrogens is 334 g/mol. The van der Waals surface area contributed by atoms with Crippen LogP contribution in [-0.4, -0.2) is 46.3 Å². The van der Waals surface area contributed by atoms with Gasteiger partial charge in [-0.3, -0.25) is 4.79 Å². The first kappa shape index (κ1) is 19.4. The molecule has 0 aliphatic carbocycles. The zero-order valence-corrected chi connectivity index (χ0v) is 15.9. The van der Waals surface area contributed by atoms with Gasteiger partial charge < -0.3 is 23.8 Å². The van der Waals surface area contributed by atoms with Crippen LogP contribution in [0.1, 0.15) is 11.1 Å². The van der Waals surface area contributed by atoms with Crippen molar-refractivity contribution in [2.75, 3.05) is 35.5 Å². The number of carbonyl (C=O) groups excluding carboxylic acids is 1. The molecule has 26 heavy (non-hydrogen) atoms. The molecule has 140 valence electrons. The number of nitrogens with zero attached hydrogens (tertiary/aromatic N) is 1. The topological polar surface area (TPSA) is 57.2 Å². The number of carbonyl (C=O) groups is 1. The van der Waals surface area contributed by atoms with Crippen molar-refractivity contribution in [2.45, 2.75) is 13.0 Å². The zero-order chi connectivity index (χ0) is 19.1. The predicted octanol–water partition coefficient (Wildman–Crippen LogP) is 2.92. The molecule has 0 saturated carbocycles. The first-order valence-electron chi connectivity index (χ1n) is 8.18. The number of rotatable bonds is 8. The van der Waals surface area contributed by atoms with Gasteiger partial charge in [0.2, 0.25) is 5.91 Å². The van der Waals surface area contributed by atoms with Gasteiger partial charge in [0.05, 0.1) is 34.9 Å². The van der Waals surface area contributed by atoms with E-state index in [2.05, 4.69) is 0 Å². The summed E-state index contributed by atoms with van der Waals surface area (Å²) < 4.78 is 21.1. The summed E-state index contributed by atoms with van der Waals surface area (Å²) in [5.41, 5.74) is 1.78. The van der Waals surface area contributed by atoms with E-state index in [1.165, 1.54) is 0 Å². The van der Waals surface area contributed by atoms with Gasteiger partial charge in [-0.15, -0.1) is 0 Å². The van der Waals surface area contributed by atoms with Crippen molar-refractivity contribution in [1.82, 2.24) is 4.90 Å². The average molecular weight is 359 g/mol. The Labute approximate surface area is 154 Å². The molecule has 0 radical (unpaired) electrons. The Morgan fingerprint density at radius 1 is 0.846 bits per heavy atom. The van der Waals surface area contributed by atoms with Crippen LogP contribution in [0.4, 0.5) is 0 Å². The van der Waals surface area contributed by atoms with Gasteiger partial charge in [0.15, 0.2) is 11.5 Å². The maximum Gasteiger partial charge on any atom is 0.227 e. The molecule has 0 aromatic heterocycles. The molecule has 2 aromatic carbocycles. The minimum absolute atomic E-state index is 0.00455. The van der Waals surface area contributed by atoms with Gasteiger partial charge in [0.1, 0.15) is 11.5 Å². The third-order valence-electron chi connectivity index (χ3n) is 4.13. The SMILES string of the molecule is COc1ccc(CN(C)C(=O)Cc2ccc(OC)c(OC)c2)c(OC)c1. The van der Waals surface area contributed by atoms with Crippen molar-refractivity contribution in [3.63, 3.8) is 0 Å². The van der Waals surface area contributed by atoms with E-state index in [4.69, 9.17) is 18.9 Å². The Hall–Kier alpha value is -2.89. The molecule has 0 aliphatic heterocycles. The van der Waals surface area contributed by atoms with Crippen molar-refractivity contribution >= 4 is 5.91 Å². The quantitative estimate of drug-likeness (QED) is 0.725. The molecular formula is C20H25NO5. The van der Waals surface area contributed by atoms with Crippen molar-refractivity contribution in [1.29, 1.82) is 0 Å². The number of methoxy groups -OCH3 is 4. The summed E-state index contributed by atoms with van der Waals surface area (Å²) in [7, 11) is 8.13. The van der Waals surface area contributed by atoms with E-state index in [0.29, 0.717) is 29.5 Å². The lowest BCUT2D eigenvalue weighted by Gasteiger charge is -2.19. The fourth-order valence-electron chi connectivity index (χ4n) is 2.63. The second-order valence-corrected chi connectivity index (χ2v) is 5.79. The average Bonchev–Trinajstić information content (AvgIpc) is 2.67. The fraction of sp³-hybridized carbons (Fsp3) is 0.350. The lowest BCUT2D eigenvalue weighted by Crippen LogP contribution is -2.27. The largest absolute Gasteiger partial charge is 0.497 e. The number of ether oxygens (including phenoxy) is 4. The van der Waals surface area contributed by atoms with Gasteiger partial charge in [-0.25, -0.2) is 0 Å². The van der Waals surface area contributed by atoms with E-state index in [0.717, 1.165) is 11.1 Å². The van der Waals surface area contributed by atoms with Crippen molar-refractivity contribution in [3.05, 3.63) is 47.5 Å². The monoisotopic (exact) mass is 359 g/mol. The lowest BCUT2D eigenvalue weighted by molar-refractivity contribution is -0.129. The van der Waals surface area contributed by atoms with E-state index in [1.807, 2.05) is 30.3 Å². The number of hydrogen-bond donors (Lipinski definition) is 0. The van der Waals surface area contributed by atoms with E-state index in [9.17, 15) is 4.79 Å². The first-order valence-corrected chi connectivity index (χ1v) is 8.18. The minimum Gasteiger partial charge on any atom is -0.497 e. The number of likely N-dealkylation sites (N-methyl/N-ethyl adjacent to an activating group) is 1. The Balaban J connectivity index is 2.08. The molecule has 0 spiro atoms. The molecule has 0 saturated heterocycles. The van der Waals surface area contributed by atoms with Gasteiger partial charge in [-0.2, -0.15) is 0 Å². The number of hydrogen-bond acceptors (Lipinski definition) is 5. The van der Waals surface area contributed by atoms with Crippen LogP contribution in [0.25, 0.3) is 0 Å². The Kier molecular flexibility index (Phi) is 6.72. The maximum atomic E-state index is 12.6. The highest BCUT2D eigenvalue weighted by Crippen LogP contribution is 2.28. The summed E-state index contributed by atoms with van der Waals surface area (Å²) in [6.07, 6.45) is 0.273. The minimum atomic E-state index is -0.00455. The number of benzene rings is 2. The summed E-state index contributed by atoms with van der Waals surface area (Å²) in [5, 5.41) is 0. The van der Waals surface area contributed by atoms with Gasteiger partial charge in [-0.1, -0.05) is 6.07 Å². The Bertz CT molecular complexity index is 760. The Morgan fingerprint density at radius 2 is 1.54 bits per heavy atom. The summed E-state index contributed by atoms with van der Waals surface area (Å²) in [6, 6.07) is 11.0. The molecule has 0 N–H and O–H groups in total. The third kappa shape index (κ3) is 4.59. The van der Waals surface area contributed by atoms with Crippen LogP contribution in [0.15, 0.2) is 36.4 Å². The molecule has 0 aliphatic rings. The molecule has 2 aromatic rings. The van der Waals surface area contributed by atoms with Crippen molar-refractivity contribution in [2.24, 2.45) is 0 Å². The molecule has 0 bridgehead atoms. The molecule has 0 unspecified atom stereocenters. The van der Waals surface area contributed by atoms with Gasteiger partial charge >= 0.3 is 0 Å². The van der Waals surface area contributed by atoms with Gasteiger partial charge in [0.25, 0.3) is 0 Å². The highest BCUT2D eigenvalue weighted by Gasteiger charge is 2.15. The maximum absolute atomic E-state index is 12.6. The molecule has 0 fully saturated rings. The highest BCUT2D eigenvalue weighted by atomic mass is 16.5. The third-order valence-corrected chi connectivity index (χ3v) is 4.13. The molecule has 6 nitrogen and oxygen atoms in total. The van der Waals surface area contributed by atoms with E-state index < -0.39 is 0 Å². The van der Waals surface area contributed by atoms with Crippen LogP contribution in [0.5, 0.6) is 23.0 Å². The Morgan fingerprint density at radius 3 is 2.15 bits per heavy atom. The van der Waals surface area contributed by atoms with Crippen LogP contribution in [0, 0.1) is 0 Å². The lowest BCUT2D eigenvalue weighted by atomic mass is 10.1. The van der Waals surface area contributed by atoms with Gasteiger partial charge in [-0.05, 0) is 29.8 Å². The molecule has 1 amide bonds. The molecule has 0 atom stereocenters. The van der Waals surface area contributed by atoms with E-state index >= 15 is 0 Å². The summed E-state index contributed by atoms with van der Waals surface area (Å²) >= 11 is 0. The predicted molar refractivity (Wildman–Crippen MR) is 99.3 cm³/mol. The van der Waals surface area contributed by atoms with Crippen molar-refractivity contribution in [3.8, 4) is 23.0 Å². The highest BCUT2D eigenvalue weighted by molar-refractivity contribution is 5.78. The second-order valence-electron chi connectivity index (χ2n) is 5.79. The second kappa shape index (κ2) is 8.99. The molecule has 0 heterocycles. The molecule has 6 heteroatoms. The van der Waals surface area contributed by atoms with Crippen LogP contribution in [0.2, 0.25) is 0 Å². The van der Waals surface area contributed by atoms with Crippen LogP contribution in [-0.2, 0) is 17.8 Å². The number of amides is 1. The van der Waals surface area contributed by atoms with Crippen LogP contribution < -0.4 is 18.9 Å².